The van der Waals surface area contributed by atoms with E-state index in [-0.39, 0.29) is 0 Å². The summed E-state index contributed by atoms with van der Waals surface area (Å²) in [7, 11) is 2.05. The second-order valence-corrected chi connectivity index (χ2v) is 5.11. The molecule has 86 valence electrons. The summed E-state index contributed by atoms with van der Waals surface area (Å²) in [5.74, 6) is 1.90. The van der Waals surface area contributed by atoms with Crippen LogP contribution in [0.2, 0.25) is 0 Å². The third kappa shape index (κ3) is 1.71. The van der Waals surface area contributed by atoms with Crippen LogP contribution >= 0.6 is 0 Å². The molecule has 1 aromatic carbocycles. The smallest absolute Gasteiger partial charge is 0.124 e. The van der Waals surface area contributed by atoms with Crippen molar-refractivity contribution in [2.75, 3.05) is 7.05 Å². The monoisotopic (exact) mass is 217 g/mol. The topological polar surface area (TPSA) is 21.3 Å². The van der Waals surface area contributed by atoms with Crippen LogP contribution in [-0.2, 0) is 0 Å². The lowest BCUT2D eigenvalue weighted by molar-refractivity contribution is 0.131. The summed E-state index contributed by atoms with van der Waals surface area (Å²) >= 11 is 0. The molecular formula is C14H19NO. The maximum atomic E-state index is 6.10. The van der Waals surface area contributed by atoms with Gasteiger partial charge in [-0.15, -0.1) is 0 Å². The Morgan fingerprint density at radius 1 is 1.31 bits per heavy atom. The second-order valence-electron chi connectivity index (χ2n) is 5.11. The van der Waals surface area contributed by atoms with Crippen molar-refractivity contribution in [2.24, 2.45) is 5.92 Å². The van der Waals surface area contributed by atoms with Crippen molar-refractivity contribution in [1.82, 2.24) is 5.32 Å². The average molecular weight is 217 g/mol. The lowest BCUT2D eigenvalue weighted by Gasteiger charge is -2.32. The van der Waals surface area contributed by atoms with Crippen LogP contribution < -0.4 is 10.1 Å². The van der Waals surface area contributed by atoms with Crippen LogP contribution in [0.5, 0.6) is 5.75 Å². The van der Waals surface area contributed by atoms with Crippen LogP contribution in [0.25, 0.3) is 0 Å². The third-order valence-corrected chi connectivity index (χ3v) is 3.78. The standard InChI is InChI=1S/C14H19NO/c1-9-3-6-13-11(7-9)12(15-2)8-14(16-13)10-4-5-10/h3,6-7,10,12,14-15H,4-5,8H2,1-2H3. The Balaban J connectivity index is 1.93. The molecule has 0 spiro atoms. The van der Waals surface area contributed by atoms with Crippen LogP contribution in [-0.4, -0.2) is 13.2 Å². The Morgan fingerprint density at radius 3 is 2.81 bits per heavy atom. The van der Waals surface area contributed by atoms with Gasteiger partial charge in [0.05, 0.1) is 0 Å². The van der Waals surface area contributed by atoms with Gasteiger partial charge in [0.25, 0.3) is 0 Å². The number of rotatable bonds is 2. The molecule has 1 heterocycles. The van der Waals surface area contributed by atoms with E-state index in [1.54, 1.807) is 0 Å². The van der Waals surface area contributed by atoms with Gasteiger partial charge in [-0.25, -0.2) is 0 Å². The molecule has 2 aliphatic rings. The summed E-state index contributed by atoms with van der Waals surface area (Å²) in [5.41, 5.74) is 2.65. The van der Waals surface area contributed by atoms with Gasteiger partial charge in [0.2, 0.25) is 0 Å². The molecule has 0 bridgehead atoms. The predicted octanol–water partition coefficient (Wildman–Crippen LogP) is 2.82. The number of aryl methyl sites for hydroxylation is 1. The Hall–Kier alpha value is -1.02. The van der Waals surface area contributed by atoms with Gasteiger partial charge in [0.15, 0.2) is 0 Å². The van der Waals surface area contributed by atoms with Crippen LogP contribution in [0.1, 0.15) is 36.4 Å². The zero-order valence-electron chi connectivity index (χ0n) is 9.99. The molecule has 0 amide bonds. The largest absolute Gasteiger partial charge is 0.490 e. The highest BCUT2D eigenvalue weighted by molar-refractivity contribution is 5.41. The van der Waals surface area contributed by atoms with E-state index >= 15 is 0 Å². The molecule has 1 aliphatic heterocycles. The normalized spacial score (nSPS) is 28.4. The molecule has 16 heavy (non-hydrogen) atoms. The quantitative estimate of drug-likeness (QED) is 0.822. The molecule has 2 unspecified atom stereocenters. The molecule has 1 N–H and O–H groups in total. The lowest BCUT2D eigenvalue weighted by atomic mass is 9.93. The summed E-state index contributed by atoms with van der Waals surface area (Å²) in [4.78, 5) is 0. The van der Waals surface area contributed by atoms with E-state index in [9.17, 15) is 0 Å². The van der Waals surface area contributed by atoms with Gasteiger partial charge in [-0.1, -0.05) is 17.7 Å². The van der Waals surface area contributed by atoms with E-state index in [2.05, 4.69) is 30.4 Å². The van der Waals surface area contributed by atoms with E-state index in [1.807, 2.05) is 7.05 Å². The van der Waals surface area contributed by atoms with Gasteiger partial charge in [0, 0.05) is 18.0 Å². The number of ether oxygens (including phenoxy) is 1. The predicted molar refractivity (Wildman–Crippen MR) is 64.7 cm³/mol. The summed E-state index contributed by atoms with van der Waals surface area (Å²) in [6.45, 7) is 2.14. The van der Waals surface area contributed by atoms with Gasteiger partial charge >= 0.3 is 0 Å². The van der Waals surface area contributed by atoms with Gasteiger partial charge < -0.3 is 10.1 Å². The highest BCUT2D eigenvalue weighted by atomic mass is 16.5. The van der Waals surface area contributed by atoms with E-state index in [0.29, 0.717) is 12.1 Å². The van der Waals surface area contributed by atoms with Crippen molar-refractivity contribution in [2.45, 2.75) is 38.3 Å². The highest BCUT2D eigenvalue weighted by Crippen LogP contribution is 2.43. The first kappa shape index (κ1) is 10.2. The fraction of sp³-hybridized carbons (Fsp3) is 0.571. The molecule has 0 aromatic heterocycles. The second kappa shape index (κ2) is 3.77. The number of benzene rings is 1. The first-order chi connectivity index (χ1) is 7.78. The molecule has 1 saturated carbocycles. The zero-order valence-corrected chi connectivity index (χ0v) is 9.99. The fourth-order valence-corrected chi connectivity index (χ4v) is 2.65. The minimum atomic E-state index is 0.438. The Morgan fingerprint density at radius 2 is 2.12 bits per heavy atom. The Labute approximate surface area is 97.0 Å². The molecule has 1 fully saturated rings. The van der Waals surface area contributed by atoms with Crippen molar-refractivity contribution >= 4 is 0 Å². The van der Waals surface area contributed by atoms with Crippen molar-refractivity contribution in [3.8, 4) is 5.75 Å². The first-order valence-corrected chi connectivity index (χ1v) is 6.22. The minimum absolute atomic E-state index is 0.438. The van der Waals surface area contributed by atoms with Crippen LogP contribution in [0, 0.1) is 12.8 Å². The maximum absolute atomic E-state index is 6.10. The molecule has 1 aliphatic carbocycles. The first-order valence-electron chi connectivity index (χ1n) is 6.22. The van der Waals surface area contributed by atoms with Crippen molar-refractivity contribution in [3.63, 3.8) is 0 Å². The van der Waals surface area contributed by atoms with E-state index in [0.717, 1.165) is 18.1 Å². The van der Waals surface area contributed by atoms with Crippen LogP contribution in [0.3, 0.4) is 0 Å². The summed E-state index contributed by atoms with van der Waals surface area (Å²) in [5, 5.41) is 3.42. The van der Waals surface area contributed by atoms with E-state index < -0.39 is 0 Å². The van der Waals surface area contributed by atoms with Gasteiger partial charge in [-0.3, -0.25) is 0 Å². The molecule has 3 rings (SSSR count). The van der Waals surface area contributed by atoms with Crippen molar-refractivity contribution in [1.29, 1.82) is 0 Å². The fourth-order valence-electron chi connectivity index (χ4n) is 2.65. The third-order valence-electron chi connectivity index (χ3n) is 3.78. The molecular weight excluding hydrogens is 198 g/mol. The van der Waals surface area contributed by atoms with Crippen LogP contribution in [0.4, 0.5) is 0 Å². The number of nitrogens with one attached hydrogen (secondary N) is 1. The number of hydrogen-bond donors (Lipinski definition) is 1. The van der Waals surface area contributed by atoms with Gasteiger partial charge in [-0.05, 0) is 38.8 Å². The summed E-state index contributed by atoms with van der Waals surface area (Å²) in [6, 6.07) is 6.98. The van der Waals surface area contributed by atoms with Crippen molar-refractivity contribution < 1.29 is 4.74 Å². The molecule has 0 saturated heterocycles. The minimum Gasteiger partial charge on any atom is -0.490 e. The molecule has 2 nitrogen and oxygen atoms in total. The highest BCUT2D eigenvalue weighted by Gasteiger charge is 2.38. The van der Waals surface area contributed by atoms with Gasteiger partial charge in [-0.2, -0.15) is 0 Å². The number of hydrogen-bond acceptors (Lipinski definition) is 2. The molecule has 2 heteroatoms. The Kier molecular flexibility index (Phi) is 2.40. The summed E-state index contributed by atoms with van der Waals surface area (Å²) < 4.78 is 6.10. The van der Waals surface area contributed by atoms with Crippen molar-refractivity contribution in [3.05, 3.63) is 29.3 Å². The molecule has 0 radical (unpaired) electrons. The van der Waals surface area contributed by atoms with E-state index in [1.165, 1.54) is 24.0 Å². The van der Waals surface area contributed by atoms with Crippen LogP contribution in [0.15, 0.2) is 18.2 Å². The average Bonchev–Trinajstić information content (AvgIpc) is 3.11. The Bertz CT molecular complexity index is 398. The van der Waals surface area contributed by atoms with Gasteiger partial charge in [0.1, 0.15) is 11.9 Å². The zero-order chi connectivity index (χ0) is 11.1. The maximum Gasteiger partial charge on any atom is 0.124 e. The number of fused-ring (bicyclic) bond motifs is 1. The van der Waals surface area contributed by atoms with E-state index in [4.69, 9.17) is 4.74 Å². The summed E-state index contributed by atoms with van der Waals surface area (Å²) in [6.07, 6.45) is 4.26. The molecule has 1 aromatic rings. The lowest BCUT2D eigenvalue weighted by Crippen LogP contribution is -2.32. The molecule has 2 atom stereocenters. The SMILES string of the molecule is CNC1CC(C2CC2)Oc2ccc(C)cc21.